The minimum Gasteiger partial charge on any atom is -0.434 e. The van der Waals surface area contributed by atoms with Gasteiger partial charge in [-0.15, -0.1) is 0 Å². The van der Waals surface area contributed by atoms with Gasteiger partial charge in [0.15, 0.2) is 0 Å². The molecule has 0 saturated heterocycles. The molecule has 32 heavy (non-hydrogen) atoms. The maximum absolute atomic E-state index is 12.4. The molecular formula is C24H21BrN2O5. The lowest BCUT2D eigenvalue weighted by atomic mass is 10.1. The quantitative estimate of drug-likeness (QED) is 0.347. The Morgan fingerprint density at radius 2 is 1.62 bits per heavy atom. The molecule has 3 rings (SSSR count). The second-order valence-corrected chi connectivity index (χ2v) is 7.57. The van der Waals surface area contributed by atoms with Gasteiger partial charge in [0, 0.05) is 27.8 Å². The molecule has 0 unspecified atom stereocenters. The van der Waals surface area contributed by atoms with Crippen LogP contribution >= 0.6 is 15.9 Å². The first-order chi connectivity index (χ1) is 15.4. The van der Waals surface area contributed by atoms with E-state index in [0.29, 0.717) is 16.8 Å². The van der Waals surface area contributed by atoms with Gasteiger partial charge in [-0.25, -0.2) is 4.79 Å². The Balaban J connectivity index is 1.56. The first kappa shape index (κ1) is 23.0. The number of benzene rings is 3. The third-order valence-electron chi connectivity index (χ3n) is 4.30. The van der Waals surface area contributed by atoms with Crippen LogP contribution in [0.3, 0.4) is 0 Å². The summed E-state index contributed by atoms with van der Waals surface area (Å²) in [5.41, 5.74) is 2.41. The predicted molar refractivity (Wildman–Crippen MR) is 124 cm³/mol. The lowest BCUT2D eigenvalue weighted by molar-refractivity contribution is 0.0950. The number of halogens is 1. The van der Waals surface area contributed by atoms with E-state index in [-0.39, 0.29) is 30.7 Å². The Morgan fingerprint density at radius 1 is 0.875 bits per heavy atom. The number of hydrogen-bond acceptors (Lipinski definition) is 5. The Morgan fingerprint density at radius 3 is 2.34 bits per heavy atom. The standard InChI is InChI=1S/C24H21BrN2O5/c1-2-31-24(30)32-21-11-9-17(10-12-21)22(28)26-15-16-5-3-8-20(13-16)27-23(29)18-6-4-7-19(25)14-18/h3-14H,2,15H2,1H3,(H,26,28)(H,27,29). The average molecular weight is 497 g/mol. The van der Waals surface area contributed by atoms with E-state index in [1.54, 1.807) is 55.5 Å². The molecule has 0 aromatic heterocycles. The van der Waals surface area contributed by atoms with Gasteiger partial charge in [0.05, 0.1) is 6.61 Å². The van der Waals surface area contributed by atoms with Crippen LogP contribution in [0.15, 0.2) is 77.3 Å². The van der Waals surface area contributed by atoms with Crippen LogP contribution in [0.2, 0.25) is 0 Å². The summed E-state index contributed by atoms with van der Waals surface area (Å²) in [5, 5.41) is 5.68. The number of nitrogens with one attached hydrogen (secondary N) is 2. The number of carbonyl (C=O) groups excluding carboxylic acids is 3. The van der Waals surface area contributed by atoms with Crippen molar-refractivity contribution in [3.63, 3.8) is 0 Å². The summed E-state index contributed by atoms with van der Waals surface area (Å²) in [5.74, 6) is -0.220. The zero-order valence-electron chi connectivity index (χ0n) is 17.3. The molecule has 7 nitrogen and oxygen atoms in total. The molecule has 3 aromatic carbocycles. The molecule has 0 bridgehead atoms. The predicted octanol–water partition coefficient (Wildman–Crippen LogP) is 5.17. The molecule has 0 radical (unpaired) electrons. The van der Waals surface area contributed by atoms with E-state index in [4.69, 9.17) is 9.47 Å². The molecule has 0 fully saturated rings. The third-order valence-corrected chi connectivity index (χ3v) is 4.80. The van der Waals surface area contributed by atoms with Gasteiger partial charge in [0.25, 0.3) is 11.8 Å². The molecule has 164 valence electrons. The summed E-state index contributed by atoms with van der Waals surface area (Å²) >= 11 is 3.35. The maximum atomic E-state index is 12.4. The highest BCUT2D eigenvalue weighted by atomic mass is 79.9. The average Bonchev–Trinajstić information content (AvgIpc) is 2.78. The van der Waals surface area contributed by atoms with Crippen molar-refractivity contribution in [1.29, 1.82) is 0 Å². The summed E-state index contributed by atoms with van der Waals surface area (Å²) < 4.78 is 10.5. The fraction of sp³-hybridized carbons (Fsp3) is 0.125. The van der Waals surface area contributed by atoms with Crippen molar-refractivity contribution in [2.24, 2.45) is 0 Å². The maximum Gasteiger partial charge on any atom is 0.513 e. The van der Waals surface area contributed by atoms with Crippen LogP contribution in [0, 0.1) is 0 Å². The lowest BCUT2D eigenvalue weighted by Crippen LogP contribution is -2.22. The van der Waals surface area contributed by atoms with Crippen molar-refractivity contribution in [2.45, 2.75) is 13.5 Å². The van der Waals surface area contributed by atoms with Crippen molar-refractivity contribution >= 4 is 39.6 Å². The van der Waals surface area contributed by atoms with Gasteiger partial charge in [0.2, 0.25) is 0 Å². The fourth-order valence-corrected chi connectivity index (χ4v) is 3.19. The number of carbonyl (C=O) groups is 3. The van der Waals surface area contributed by atoms with Gasteiger partial charge < -0.3 is 20.1 Å². The molecule has 0 aliphatic rings. The van der Waals surface area contributed by atoms with Gasteiger partial charge in [-0.1, -0.05) is 34.1 Å². The molecule has 0 saturated carbocycles. The lowest BCUT2D eigenvalue weighted by Gasteiger charge is -2.10. The van der Waals surface area contributed by atoms with E-state index in [2.05, 4.69) is 26.6 Å². The first-order valence-electron chi connectivity index (χ1n) is 9.83. The molecule has 0 heterocycles. The van der Waals surface area contributed by atoms with E-state index in [1.807, 2.05) is 12.1 Å². The van der Waals surface area contributed by atoms with Crippen molar-refractivity contribution in [2.75, 3.05) is 11.9 Å². The SMILES string of the molecule is CCOC(=O)Oc1ccc(C(=O)NCc2cccc(NC(=O)c3cccc(Br)c3)c2)cc1. The number of ether oxygens (including phenoxy) is 2. The normalized spacial score (nSPS) is 10.2. The summed E-state index contributed by atoms with van der Waals surface area (Å²) in [6.45, 7) is 2.18. The zero-order valence-corrected chi connectivity index (χ0v) is 18.8. The van der Waals surface area contributed by atoms with Crippen LogP contribution in [0.4, 0.5) is 10.5 Å². The smallest absolute Gasteiger partial charge is 0.434 e. The number of hydrogen-bond donors (Lipinski definition) is 2. The Labute approximate surface area is 193 Å². The van der Waals surface area contributed by atoms with E-state index in [9.17, 15) is 14.4 Å². The van der Waals surface area contributed by atoms with Crippen molar-refractivity contribution < 1.29 is 23.9 Å². The van der Waals surface area contributed by atoms with Gasteiger partial charge in [0.1, 0.15) is 5.75 Å². The Kier molecular flexibility index (Phi) is 7.99. The third kappa shape index (κ3) is 6.68. The van der Waals surface area contributed by atoms with Crippen LogP contribution in [0.5, 0.6) is 5.75 Å². The number of anilines is 1. The summed E-state index contributed by atoms with van der Waals surface area (Å²) in [7, 11) is 0. The molecule has 0 atom stereocenters. The molecule has 0 spiro atoms. The van der Waals surface area contributed by atoms with Crippen molar-refractivity contribution in [3.8, 4) is 5.75 Å². The van der Waals surface area contributed by atoms with E-state index in [0.717, 1.165) is 10.0 Å². The molecule has 2 N–H and O–H groups in total. The Bertz CT molecular complexity index is 1120. The van der Waals surface area contributed by atoms with Crippen LogP contribution in [-0.4, -0.2) is 24.6 Å². The first-order valence-corrected chi connectivity index (χ1v) is 10.6. The topological polar surface area (TPSA) is 93.7 Å². The van der Waals surface area contributed by atoms with E-state index < -0.39 is 6.16 Å². The highest BCUT2D eigenvalue weighted by Gasteiger charge is 2.10. The number of amides is 2. The summed E-state index contributed by atoms with van der Waals surface area (Å²) in [6, 6.07) is 20.5. The summed E-state index contributed by atoms with van der Waals surface area (Å²) in [4.78, 5) is 36.2. The fourth-order valence-electron chi connectivity index (χ4n) is 2.79. The molecular weight excluding hydrogens is 476 g/mol. The Hall–Kier alpha value is -3.65. The largest absolute Gasteiger partial charge is 0.513 e. The molecule has 3 aromatic rings. The minimum atomic E-state index is -0.795. The van der Waals surface area contributed by atoms with Crippen LogP contribution in [-0.2, 0) is 11.3 Å². The molecule has 0 aliphatic heterocycles. The highest BCUT2D eigenvalue weighted by molar-refractivity contribution is 9.10. The molecule has 0 aliphatic carbocycles. The van der Waals surface area contributed by atoms with Gasteiger partial charge >= 0.3 is 6.16 Å². The van der Waals surface area contributed by atoms with E-state index >= 15 is 0 Å². The monoisotopic (exact) mass is 496 g/mol. The van der Waals surface area contributed by atoms with E-state index in [1.165, 1.54) is 12.1 Å². The minimum absolute atomic E-state index is 0.217. The summed E-state index contributed by atoms with van der Waals surface area (Å²) in [6.07, 6.45) is -0.795. The number of rotatable bonds is 7. The van der Waals surface area contributed by atoms with Crippen LogP contribution in [0.1, 0.15) is 33.2 Å². The molecule has 8 heteroatoms. The van der Waals surface area contributed by atoms with Gasteiger partial charge in [-0.3, -0.25) is 9.59 Å². The van der Waals surface area contributed by atoms with Gasteiger partial charge in [-0.05, 0) is 67.1 Å². The van der Waals surface area contributed by atoms with Gasteiger partial charge in [-0.2, -0.15) is 0 Å². The molecule has 2 amide bonds. The second kappa shape index (κ2) is 11.1. The highest BCUT2D eigenvalue weighted by Crippen LogP contribution is 2.16. The zero-order chi connectivity index (χ0) is 22.9. The second-order valence-electron chi connectivity index (χ2n) is 6.66. The van der Waals surface area contributed by atoms with Crippen molar-refractivity contribution in [1.82, 2.24) is 5.32 Å². The van der Waals surface area contributed by atoms with Crippen LogP contribution < -0.4 is 15.4 Å². The van der Waals surface area contributed by atoms with Crippen LogP contribution in [0.25, 0.3) is 0 Å². The van der Waals surface area contributed by atoms with Crippen molar-refractivity contribution in [3.05, 3.63) is 94.0 Å².